The van der Waals surface area contributed by atoms with Crippen LogP contribution in [-0.4, -0.2) is 32.3 Å². The minimum Gasteiger partial charge on any atom is -0.299 e. The molecule has 330 valence electrons. The van der Waals surface area contributed by atoms with E-state index >= 15 is 0 Å². The van der Waals surface area contributed by atoms with E-state index < -0.39 is 12.3 Å². The maximum atomic E-state index is 5.53. The summed E-state index contributed by atoms with van der Waals surface area (Å²) >= 11 is 0. The Morgan fingerprint density at radius 1 is 0.288 bits per heavy atom. The molecule has 66 heavy (non-hydrogen) atoms. The van der Waals surface area contributed by atoms with Gasteiger partial charge >= 0.3 is 0 Å². The van der Waals surface area contributed by atoms with E-state index in [1.807, 2.05) is 0 Å². The van der Waals surface area contributed by atoms with Crippen LogP contribution in [0, 0.1) is 0 Å². The topological polar surface area (TPSA) is 64.5 Å². The van der Waals surface area contributed by atoms with Gasteiger partial charge in [-0.05, 0) is 119 Å². The van der Waals surface area contributed by atoms with E-state index in [9.17, 15) is 0 Å². The summed E-state index contributed by atoms with van der Waals surface area (Å²) < 4.78 is 0. The van der Waals surface area contributed by atoms with Gasteiger partial charge in [-0.15, -0.1) is 0 Å². The first-order valence-electron chi connectivity index (χ1n) is 23.5. The van der Waals surface area contributed by atoms with Crippen molar-refractivity contribution in [1.29, 1.82) is 0 Å². The van der Waals surface area contributed by atoms with Crippen LogP contribution < -0.4 is 19.6 Å². The molecule has 2 unspecified atom stereocenters. The smallest absolute Gasteiger partial charge is 0.154 e. The molecule has 0 saturated carbocycles. The van der Waals surface area contributed by atoms with Crippen molar-refractivity contribution >= 4 is 46.0 Å². The van der Waals surface area contributed by atoms with Gasteiger partial charge in [0, 0.05) is 22.8 Å². The summed E-state index contributed by atoms with van der Waals surface area (Å²) in [7, 11) is 0. The summed E-state index contributed by atoms with van der Waals surface area (Å²) in [6.45, 7) is 17.7. The zero-order valence-corrected chi connectivity index (χ0v) is 39.2. The first-order chi connectivity index (χ1) is 32.0. The number of rotatable bonds is 11. The second-order valence-electron chi connectivity index (χ2n) is 18.7. The Bertz CT molecular complexity index is 2800. The van der Waals surface area contributed by atoms with Gasteiger partial charge in [0.15, 0.2) is 12.3 Å². The van der Waals surface area contributed by atoms with Crippen LogP contribution in [0.2, 0.25) is 0 Å². The number of nitrogens with zero attached hydrogens (tertiary/aromatic N) is 8. The Morgan fingerprint density at radius 2 is 0.576 bits per heavy atom. The van der Waals surface area contributed by atoms with Gasteiger partial charge in [-0.2, -0.15) is 0 Å². The van der Waals surface area contributed by atoms with Crippen LogP contribution in [0.3, 0.4) is 0 Å². The zero-order valence-electron chi connectivity index (χ0n) is 39.2. The summed E-state index contributed by atoms with van der Waals surface area (Å²) in [4.78, 5) is 31.9. The zero-order chi connectivity index (χ0) is 45.6. The van der Waals surface area contributed by atoms with Gasteiger partial charge in [0.2, 0.25) is 0 Å². The summed E-state index contributed by atoms with van der Waals surface area (Å²) in [5, 5.41) is 0. The highest BCUT2D eigenvalue weighted by Crippen LogP contribution is 2.56. The van der Waals surface area contributed by atoms with E-state index in [4.69, 9.17) is 19.9 Å². The molecular formula is C58H58N8. The lowest BCUT2D eigenvalue weighted by molar-refractivity contribution is 0.537. The van der Waals surface area contributed by atoms with Crippen LogP contribution in [0.25, 0.3) is 22.3 Å². The van der Waals surface area contributed by atoms with Gasteiger partial charge in [0.05, 0.1) is 22.7 Å². The Morgan fingerprint density at radius 3 is 0.864 bits per heavy atom. The van der Waals surface area contributed by atoms with Crippen molar-refractivity contribution in [1.82, 2.24) is 19.9 Å². The van der Waals surface area contributed by atoms with Crippen molar-refractivity contribution in [3.8, 4) is 22.3 Å². The maximum Gasteiger partial charge on any atom is 0.154 e. The normalized spacial score (nSPS) is 15.7. The van der Waals surface area contributed by atoms with Crippen molar-refractivity contribution in [2.24, 2.45) is 0 Å². The van der Waals surface area contributed by atoms with Gasteiger partial charge in [-0.1, -0.05) is 152 Å². The van der Waals surface area contributed by atoms with E-state index in [2.05, 4.69) is 245 Å². The molecule has 2 aliphatic heterocycles. The Labute approximate surface area is 390 Å². The van der Waals surface area contributed by atoms with Gasteiger partial charge in [0.1, 0.15) is 23.3 Å². The number of aromatic nitrogens is 4. The SMILES string of the molecule is CC(C)c1cccc(N2c3ccc(-c4ccccc4)cc3N(c3cccc(C(C)C)n3)C2C2N(c3cccc(C(C)C)n3)c3ccc(-c4ccccc4)cc3N2c2cccc(C(C)C)n2)n1. The van der Waals surface area contributed by atoms with Gasteiger partial charge in [0.25, 0.3) is 0 Å². The molecule has 0 aliphatic carbocycles. The largest absolute Gasteiger partial charge is 0.299 e. The molecule has 0 fully saturated rings. The second kappa shape index (κ2) is 17.6. The highest BCUT2D eigenvalue weighted by atomic mass is 15.6. The molecule has 4 aromatic carbocycles. The minimum atomic E-state index is -0.475. The first-order valence-corrected chi connectivity index (χ1v) is 23.5. The van der Waals surface area contributed by atoms with Crippen molar-refractivity contribution < 1.29 is 0 Å². The lowest BCUT2D eigenvalue weighted by atomic mass is 10.0. The van der Waals surface area contributed by atoms with E-state index in [-0.39, 0.29) is 23.7 Å². The van der Waals surface area contributed by atoms with Crippen molar-refractivity contribution in [3.05, 3.63) is 193 Å². The molecule has 2 atom stereocenters. The molecular weight excluding hydrogens is 809 g/mol. The van der Waals surface area contributed by atoms with E-state index in [0.717, 1.165) is 91.1 Å². The van der Waals surface area contributed by atoms with E-state index in [1.165, 1.54) is 0 Å². The lowest BCUT2D eigenvalue weighted by Gasteiger charge is -2.43. The molecule has 8 heteroatoms. The van der Waals surface area contributed by atoms with E-state index in [0.29, 0.717) is 0 Å². The Balaban J connectivity index is 1.32. The first kappa shape index (κ1) is 42.6. The Kier molecular flexibility index (Phi) is 11.3. The van der Waals surface area contributed by atoms with Crippen LogP contribution in [-0.2, 0) is 0 Å². The van der Waals surface area contributed by atoms with Gasteiger partial charge in [-0.3, -0.25) is 19.6 Å². The minimum absolute atomic E-state index is 0.215. The summed E-state index contributed by atoms with van der Waals surface area (Å²) in [6, 6.07) is 60.9. The third kappa shape index (κ3) is 7.74. The average Bonchev–Trinajstić information content (AvgIpc) is 3.87. The number of hydrogen-bond donors (Lipinski definition) is 0. The quantitative estimate of drug-likeness (QED) is 0.127. The molecule has 8 nitrogen and oxygen atoms in total. The van der Waals surface area contributed by atoms with Crippen LogP contribution in [0.1, 0.15) is 102 Å². The molecule has 0 bridgehead atoms. The molecule has 0 saturated heterocycles. The summed E-state index contributed by atoms with van der Waals surface area (Å²) in [5.74, 6) is 4.30. The number of fused-ring (bicyclic) bond motifs is 2. The third-order valence-electron chi connectivity index (χ3n) is 12.9. The fourth-order valence-corrected chi connectivity index (χ4v) is 9.41. The average molecular weight is 867 g/mol. The molecule has 0 radical (unpaired) electrons. The second-order valence-corrected chi connectivity index (χ2v) is 18.7. The predicted molar refractivity (Wildman–Crippen MR) is 273 cm³/mol. The monoisotopic (exact) mass is 866 g/mol. The molecule has 0 spiro atoms. The van der Waals surface area contributed by atoms with Crippen LogP contribution >= 0.6 is 0 Å². The third-order valence-corrected chi connectivity index (χ3v) is 12.9. The molecule has 4 aromatic heterocycles. The number of benzene rings is 4. The van der Waals surface area contributed by atoms with Crippen LogP contribution in [0.4, 0.5) is 46.0 Å². The van der Waals surface area contributed by atoms with Crippen molar-refractivity contribution in [2.45, 2.75) is 91.4 Å². The summed E-state index contributed by atoms with van der Waals surface area (Å²) in [6.07, 6.45) is -0.949. The number of anilines is 8. The van der Waals surface area contributed by atoms with Crippen molar-refractivity contribution in [2.75, 3.05) is 19.6 Å². The Hall–Kier alpha value is -7.32. The molecule has 0 N–H and O–H groups in total. The maximum absolute atomic E-state index is 5.53. The fraction of sp³-hybridized carbons (Fsp3) is 0.241. The van der Waals surface area contributed by atoms with E-state index in [1.54, 1.807) is 0 Å². The molecule has 10 rings (SSSR count). The molecule has 2 aliphatic rings. The number of hydrogen-bond acceptors (Lipinski definition) is 8. The van der Waals surface area contributed by atoms with Gasteiger partial charge in [-0.25, -0.2) is 19.9 Å². The van der Waals surface area contributed by atoms with Gasteiger partial charge < -0.3 is 0 Å². The lowest BCUT2D eigenvalue weighted by Crippen LogP contribution is -2.58. The molecule has 8 aromatic rings. The summed E-state index contributed by atoms with van der Waals surface area (Å²) in [5.41, 5.74) is 12.8. The molecule has 0 amide bonds. The van der Waals surface area contributed by atoms with Crippen LogP contribution in [0.15, 0.2) is 170 Å². The molecule has 6 heterocycles. The van der Waals surface area contributed by atoms with Crippen molar-refractivity contribution in [3.63, 3.8) is 0 Å². The van der Waals surface area contributed by atoms with Crippen LogP contribution in [0.5, 0.6) is 0 Å². The predicted octanol–water partition coefficient (Wildman–Crippen LogP) is 15.0. The fourth-order valence-electron chi connectivity index (χ4n) is 9.41. The standard InChI is InChI=1S/C58H58N8/c1-37(2)45-23-15-27-53(59-45)63-49-33-31-43(41-19-11-9-12-20-41)35-51(49)65(55-29-17-25-47(61-55)39(5)6)57(63)58-64(54-28-16-24-46(60-54)38(3)4)50-34-32-44(42-21-13-10-14-22-42)36-52(50)66(58)56-30-18-26-48(62-56)40(7)8/h9-40,57-58H,1-8H3. The number of pyridine rings is 4. The highest BCUT2D eigenvalue weighted by molar-refractivity contribution is 5.95. The highest BCUT2D eigenvalue weighted by Gasteiger charge is 2.53.